The lowest BCUT2D eigenvalue weighted by atomic mass is 9.77. The van der Waals surface area contributed by atoms with E-state index in [-0.39, 0.29) is 5.56 Å². The van der Waals surface area contributed by atoms with Crippen LogP contribution in [0, 0.1) is 23.4 Å². The standard InChI is InChI=1S/C32H31F5O2/c1-2-4-20-7-9-21(10-8-20)22-11-13-23(14-12-22)24-15-16-27(28(33)17-24)32(38)39-25-18-29(34)26(30(35)19-25)5-3-6-31(36)37/h3,6,11-21,31H,2,4-5,7-10H2,1H3/b6-3+. The zero-order valence-corrected chi connectivity index (χ0v) is 21.7. The highest BCUT2D eigenvalue weighted by atomic mass is 19.3. The average Bonchev–Trinajstić information content (AvgIpc) is 2.91. The second-order valence-corrected chi connectivity index (χ2v) is 10.0. The Morgan fingerprint density at radius 3 is 2.13 bits per heavy atom. The molecule has 0 saturated heterocycles. The van der Waals surface area contributed by atoms with E-state index in [4.69, 9.17) is 4.74 Å². The van der Waals surface area contributed by atoms with Gasteiger partial charge in [-0.25, -0.2) is 26.7 Å². The molecule has 7 heteroatoms. The molecule has 206 valence electrons. The number of carbonyl (C=O) groups is 1. The van der Waals surface area contributed by atoms with E-state index in [1.807, 2.05) is 12.1 Å². The lowest BCUT2D eigenvalue weighted by molar-refractivity contribution is 0.0729. The molecule has 0 aromatic heterocycles. The largest absolute Gasteiger partial charge is 0.423 e. The number of esters is 1. The highest BCUT2D eigenvalue weighted by Gasteiger charge is 2.22. The van der Waals surface area contributed by atoms with Crippen molar-refractivity contribution in [3.05, 3.63) is 101 Å². The molecule has 1 fully saturated rings. The summed E-state index contributed by atoms with van der Waals surface area (Å²) in [5, 5.41) is 0. The Morgan fingerprint density at radius 2 is 1.54 bits per heavy atom. The number of hydrogen-bond donors (Lipinski definition) is 0. The van der Waals surface area contributed by atoms with Crippen molar-refractivity contribution in [2.24, 2.45) is 5.92 Å². The van der Waals surface area contributed by atoms with Crippen LogP contribution < -0.4 is 4.74 Å². The van der Waals surface area contributed by atoms with Crippen molar-refractivity contribution in [3.8, 4) is 16.9 Å². The van der Waals surface area contributed by atoms with E-state index in [1.165, 1.54) is 56.2 Å². The van der Waals surface area contributed by atoms with Gasteiger partial charge in [0.2, 0.25) is 0 Å². The van der Waals surface area contributed by atoms with E-state index < -0.39 is 47.6 Å². The molecule has 0 radical (unpaired) electrons. The van der Waals surface area contributed by atoms with Gasteiger partial charge in [-0.1, -0.05) is 56.2 Å². The van der Waals surface area contributed by atoms with Crippen molar-refractivity contribution >= 4 is 5.97 Å². The second-order valence-electron chi connectivity index (χ2n) is 10.0. The van der Waals surface area contributed by atoms with Gasteiger partial charge < -0.3 is 4.74 Å². The summed E-state index contributed by atoms with van der Waals surface area (Å²) < 4.78 is 72.8. The number of rotatable bonds is 9. The summed E-state index contributed by atoms with van der Waals surface area (Å²) in [5.74, 6) is -3.16. The van der Waals surface area contributed by atoms with Gasteiger partial charge in [0.15, 0.2) is 0 Å². The minimum absolute atomic E-state index is 0.385. The normalized spacial score (nSPS) is 17.6. The SMILES string of the molecule is CCCC1CCC(c2ccc(-c3ccc(C(=O)Oc4cc(F)c(C/C=C/C(F)F)c(F)c4)c(F)c3)cc2)CC1. The van der Waals surface area contributed by atoms with E-state index in [9.17, 15) is 26.7 Å². The van der Waals surface area contributed by atoms with Crippen LogP contribution in [0.3, 0.4) is 0 Å². The lowest BCUT2D eigenvalue weighted by Gasteiger charge is -2.28. The van der Waals surface area contributed by atoms with Crippen molar-refractivity contribution in [2.75, 3.05) is 0 Å². The number of allylic oxidation sites excluding steroid dienone is 2. The third-order valence-electron chi connectivity index (χ3n) is 7.38. The predicted molar refractivity (Wildman–Crippen MR) is 142 cm³/mol. The summed E-state index contributed by atoms with van der Waals surface area (Å²) in [6.07, 6.45) is 5.73. The summed E-state index contributed by atoms with van der Waals surface area (Å²) in [6, 6.07) is 13.7. The number of alkyl halides is 2. The molecule has 0 aliphatic heterocycles. The number of benzene rings is 3. The Hall–Kier alpha value is -3.48. The second kappa shape index (κ2) is 13.0. The fraction of sp³-hybridized carbons (Fsp3) is 0.344. The molecular weight excluding hydrogens is 511 g/mol. The van der Waals surface area contributed by atoms with Crippen LogP contribution in [0.5, 0.6) is 5.75 Å². The van der Waals surface area contributed by atoms with Crippen molar-refractivity contribution in [2.45, 2.75) is 64.2 Å². The quantitative estimate of drug-likeness (QED) is 0.117. The number of ether oxygens (including phenoxy) is 1. The number of hydrogen-bond acceptors (Lipinski definition) is 2. The summed E-state index contributed by atoms with van der Waals surface area (Å²) in [7, 11) is 0. The molecule has 3 aromatic rings. The molecule has 1 aliphatic rings. The van der Waals surface area contributed by atoms with E-state index in [1.54, 1.807) is 6.07 Å². The summed E-state index contributed by atoms with van der Waals surface area (Å²) >= 11 is 0. The van der Waals surface area contributed by atoms with Gasteiger partial charge >= 0.3 is 5.97 Å². The number of carbonyl (C=O) groups excluding carboxylic acids is 1. The molecule has 4 rings (SSSR count). The Morgan fingerprint density at radius 1 is 0.897 bits per heavy atom. The highest BCUT2D eigenvalue weighted by molar-refractivity contribution is 5.92. The molecular formula is C32H31F5O2. The molecule has 0 unspecified atom stereocenters. The van der Waals surface area contributed by atoms with Gasteiger partial charge in [0.25, 0.3) is 6.43 Å². The van der Waals surface area contributed by atoms with Gasteiger partial charge in [-0.15, -0.1) is 0 Å². The first kappa shape index (κ1) is 28.5. The number of halogens is 5. The monoisotopic (exact) mass is 542 g/mol. The molecule has 3 aromatic carbocycles. The molecule has 1 aliphatic carbocycles. The Labute approximate surface area is 225 Å². The Balaban J connectivity index is 1.41. The zero-order chi connectivity index (χ0) is 27.9. The van der Waals surface area contributed by atoms with Gasteiger partial charge in [0, 0.05) is 17.7 Å². The van der Waals surface area contributed by atoms with Crippen molar-refractivity contribution in [3.63, 3.8) is 0 Å². The first-order chi connectivity index (χ1) is 18.7. The van der Waals surface area contributed by atoms with Crippen molar-refractivity contribution in [1.82, 2.24) is 0 Å². The molecule has 1 saturated carbocycles. The molecule has 0 heterocycles. The minimum Gasteiger partial charge on any atom is -0.423 e. The van der Waals surface area contributed by atoms with Crippen LogP contribution in [0.4, 0.5) is 22.0 Å². The molecule has 0 spiro atoms. The topological polar surface area (TPSA) is 26.3 Å². The third-order valence-corrected chi connectivity index (χ3v) is 7.38. The van der Waals surface area contributed by atoms with Crippen LogP contribution >= 0.6 is 0 Å². The van der Waals surface area contributed by atoms with E-state index in [0.717, 1.165) is 29.7 Å². The summed E-state index contributed by atoms with van der Waals surface area (Å²) in [6.45, 7) is 2.23. The van der Waals surface area contributed by atoms with E-state index >= 15 is 0 Å². The molecule has 0 amide bonds. The van der Waals surface area contributed by atoms with Crippen LogP contribution in [-0.2, 0) is 6.42 Å². The van der Waals surface area contributed by atoms with Crippen LogP contribution in [0.1, 0.15) is 72.9 Å². The van der Waals surface area contributed by atoms with Crippen LogP contribution in [0.25, 0.3) is 11.1 Å². The Kier molecular flexibility index (Phi) is 9.54. The summed E-state index contributed by atoms with van der Waals surface area (Å²) in [4.78, 5) is 12.5. The lowest BCUT2D eigenvalue weighted by Crippen LogP contribution is -2.13. The fourth-order valence-corrected chi connectivity index (χ4v) is 5.29. The van der Waals surface area contributed by atoms with Crippen molar-refractivity contribution in [1.29, 1.82) is 0 Å². The zero-order valence-electron chi connectivity index (χ0n) is 21.7. The van der Waals surface area contributed by atoms with Crippen LogP contribution in [-0.4, -0.2) is 12.4 Å². The fourth-order valence-electron chi connectivity index (χ4n) is 5.29. The van der Waals surface area contributed by atoms with Crippen molar-refractivity contribution < 1.29 is 31.5 Å². The van der Waals surface area contributed by atoms with Gasteiger partial charge in [-0.3, -0.25) is 0 Å². The maximum absolute atomic E-state index is 14.9. The highest BCUT2D eigenvalue weighted by Crippen LogP contribution is 2.38. The molecule has 0 atom stereocenters. The third kappa shape index (κ3) is 7.34. The molecule has 0 N–H and O–H groups in total. The van der Waals surface area contributed by atoms with Crippen LogP contribution in [0.2, 0.25) is 0 Å². The first-order valence-corrected chi connectivity index (χ1v) is 13.3. The first-order valence-electron chi connectivity index (χ1n) is 13.3. The van der Waals surface area contributed by atoms with Gasteiger partial charge in [-0.2, -0.15) is 0 Å². The van der Waals surface area contributed by atoms with E-state index in [2.05, 4.69) is 19.1 Å². The average molecular weight is 543 g/mol. The van der Waals surface area contributed by atoms with Gasteiger partial charge in [-0.05, 0) is 78.8 Å². The minimum atomic E-state index is -2.74. The maximum Gasteiger partial charge on any atom is 0.346 e. The van der Waals surface area contributed by atoms with Gasteiger partial charge in [0.05, 0.1) is 5.56 Å². The predicted octanol–water partition coefficient (Wildman–Crippen LogP) is 9.43. The molecule has 2 nitrogen and oxygen atoms in total. The van der Waals surface area contributed by atoms with Gasteiger partial charge in [0.1, 0.15) is 23.2 Å². The maximum atomic E-state index is 14.9. The Bertz CT molecular complexity index is 1290. The smallest absolute Gasteiger partial charge is 0.346 e. The summed E-state index contributed by atoms with van der Waals surface area (Å²) in [5.41, 5.74) is 1.84. The molecule has 0 bridgehead atoms. The molecule has 39 heavy (non-hydrogen) atoms. The van der Waals surface area contributed by atoms with Crippen LogP contribution in [0.15, 0.2) is 66.7 Å². The van der Waals surface area contributed by atoms with E-state index in [0.29, 0.717) is 17.6 Å².